The summed E-state index contributed by atoms with van der Waals surface area (Å²) in [6.07, 6.45) is 0. The van der Waals surface area contributed by atoms with Crippen LogP contribution >= 0.6 is 23.1 Å². The maximum Gasteiger partial charge on any atom is 0.132 e. The van der Waals surface area contributed by atoms with Crippen molar-refractivity contribution in [2.24, 2.45) is 0 Å². The molecule has 0 N–H and O–H groups in total. The quantitative estimate of drug-likeness (QED) is 0.177. The molecule has 1 aliphatic carbocycles. The Morgan fingerprint density at radius 1 is 0.517 bits per heavy atom. The molecule has 9 aromatic rings. The van der Waals surface area contributed by atoms with E-state index in [2.05, 4.69) is 204 Å². The van der Waals surface area contributed by atoms with E-state index in [1.165, 1.54) is 70.2 Å². The molecule has 58 heavy (non-hydrogen) atoms. The lowest BCUT2D eigenvalue weighted by Gasteiger charge is -2.39. The SMILES string of the molecule is c1ccc(N(c2ccc(N3c4c(sc5ccccc45)C4Sc5ccccc5C43)cc2)c2ccc3c(c2)-c2ccccc2C32c3ccccc3Oc3ccccc32)cc1. The summed E-state index contributed by atoms with van der Waals surface area (Å²) in [6, 6.07) is 71.4. The van der Waals surface area contributed by atoms with Crippen molar-refractivity contribution in [3.63, 3.8) is 0 Å². The van der Waals surface area contributed by atoms with E-state index in [1.807, 2.05) is 23.1 Å². The molecular weight excluding hydrogens is 745 g/mol. The first kappa shape index (κ1) is 32.5. The van der Waals surface area contributed by atoms with Gasteiger partial charge in [0.15, 0.2) is 0 Å². The van der Waals surface area contributed by atoms with Crippen molar-refractivity contribution in [1.82, 2.24) is 0 Å². The molecule has 13 rings (SSSR count). The minimum absolute atomic E-state index is 0.257. The lowest BCUT2D eigenvalue weighted by Crippen LogP contribution is -2.32. The minimum atomic E-state index is -0.496. The number of thioether (sulfide) groups is 1. The lowest BCUT2D eigenvalue weighted by atomic mass is 9.66. The predicted molar refractivity (Wildman–Crippen MR) is 240 cm³/mol. The molecule has 4 heterocycles. The van der Waals surface area contributed by atoms with Gasteiger partial charge >= 0.3 is 0 Å². The molecule has 5 heteroatoms. The van der Waals surface area contributed by atoms with E-state index < -0.39 is 5.41 Å². The van der Waals surface area contributed by atoms with Crippen molar-refractivity contribution in [3.05, 3.63) is 227 Å². The second-order valence-corrected chi connectivity index (χ2v) is 17.8. The molecule has 3 nitrogen and oxygen atoms in total. The standard InChI is InChI=1S/C53H34N2OS2/c1-2-14-33(15-3-1)54(34-26-28-35(29-27-34)55-49-38-17-5-12-24-47(38)57-51(49)52-50(55)39-18-6-13-25-48(39)58-52)36-30-31-42-40(32-36)37-16-4-7-19-41(37)53(42)43-20-8-10-22-45(43)56-46-23-11-9-21-44(46)53/h1-32,49,51H. The van der Waals surface area contributed by atoms with Crippen LogP contribution in [0.3, 0.4) is 0 Å². The summed E-state index contributed by atoms with van der Waals surface area (Å²) in [6.45, 7) is 0. The summed E-state index contributed by atoms with van der Waals surface area (Å²) in [5.74, 6) is 1.82. The van der Waals surface area contributed by atoms with E-state index >= 15 is 0 Å². The van der Waals surface area contributed by atoms with Crippen molar-refractivity contribution < 1.29 is 4.74 Å². The van der Waals surface area contributed by atoms with Crippen LogP contribution in [0.2, 0.25) is 0 Å². The van der Waals surface area contributed by atoms with Crippen LogP contribution in [0.5, 0.6) is 11.5 Å². The monoisotopic (exact) mass is 778 g/mol. The summed E-state index contributed by atoms with van der Waals surface area (Å²) in [7, 11) is 0. The third-order valence-electron chi connectivity index (χ3n) is 12.6. The molecule has 0 saturated carbocycles. The fraction of sp³-hybridized carbons (Fsp3) is 0.0566. The maximum atomic E-state index is 6.58. The molecule has 0 amide bonds. The summed E-state index contributed by atoms with van der Waals surface area (Å²) in [5.41, 5.74) is 14.3. The Bertz CT molecular complexity index is 3070. The highest BCUT2D eigenvalue weighted by molar-refractivity contribution is 8.00. The first-order valence-electron chi connectivity index (χ1n) is 19.9. The van der Waals surface area contributed by atoms with Gasteiger partial charge in [0.05, 0.1) is 22.4 Å². The Kier molecular flexibility index (Phi) is 6.87. The van der Waals surface area contributed by atoms with Gasteiger partial charge < -0.3 is 14.5 Å². The van der Waals surface area contributed by atoms with Crippen LogP contribution in [-0.2, 0) is 5.41 Å². The van der Waals surface area contributed by atoms with Crippen LogP contribution in [0.25, 0.3) is 21.2 Å². The van der Waals surface area contributed by atoms with Gasteiger partial charge in [0.1, 0.15) is 11.5 Å². The van der Waals surface area contributed by atoms with Crippen molar-refractivity contribution in [3.8, 4) is 22.6 Å². The zero-order chi connectivity index (χ0) is 38.0. The Morgan fingerprint density at radius 2 is 1.14 bits per heavy atom. The smallest absolute Gasteiger partial charge is 0.132 e. The van der Waals surface area contributed by atoms with Gasteiger partial charge in [-0.15, -0.1) is 23.1 Å². The molecule has 0 bridgehead atoms. The van der Waals surface area contributed by atoms with Crippen LogP contribution in [0, 0.1) is 0 Å². The summed E-state index contributed by atoms with van der Waals surface area (Å²) < 4.78 is 7.94. The Hall–Kier alpha value is -6.53. The molecule has 2 atom stereocenters. The van der Waals surface area contributed by atoms with Crippen LogP contribution < -0.4 is 14.5 Å². The van der Waals surface area contributed by atoms with Crippen LogP contribution in [-0.4, -0.2) is 0 Å². The number of thiophene rings is 1. The van der Waals surface area contributed by atoms with Crippen molar-refractivity contribution in [1.29, 1.82) is 0 Å². The molecule has 274 valence electrons. The highest BCUT2D eigenvalue weighted by atomic mass is 32.2. The lowest BCUT2D eigenvalue weighted by molar-refractivity contribution is 0.436. The van der Waals surface area contributed by atoms with Gasteiger partial charge in [0.2, 0.25) is 0 Å². The molecule has 0 fully saturated rings. The molecule has 2 unspecified atom stereocenters. The molecule has 0 saturated heterocycles. The number of para-hydroxylation sites is 3. The average molecular weight is 779 g/mol. The Balaban J connectivity index is 0.969. The van der Waals surface area contributed by atoms with Crippen LogP contribution in [0.1, 0.15) is 44.0 Å². The van der Waals surface area contributed by atoms with Crippen LogP contribution in [0.15, 0.2) is 199 Å². The van der Waals surface area contributed by atoms with Gasteiger partial charge in [-0.25, -0.2) is 0 Å². The molecular formula is C53H34N2OS2. The number of benzene rings is 8. The van der Waals surface area contributed by atoms with E-state index in [0.29, 0.717) is 5.25 Å². The fourth-order valence-electron chi connectivity index (χ4n) is 10.4. The maximum absolute atomic E-state index is 6.58. The fourth-order valence-corrected chi connectivity index (χ4v) is 13.2. The molecule has 1 aromatic heterocycles. The van der Waals surface area contributed by atoms with Crippen LogP contribution in [0.4, 0.5) is 28.4 Å². The van der Waals surface area contributed by atoms with E-state index in [0.717, 1.165) is 28.6 Å². The van der Waals surface area contributed by atoms with E-state index in [9.17, 15) is 0 Å². The number of fused-ring (bicyclic) bond motifs is 16. The second kappa shape index (κ2) is 12.2. The van der Waals surface area contributed by atoms with Gasteiger partial charge in [0, 0.05) is 53.7 Å². The number of ether oxygens (including phenoxy) is 1. The first-order valence-corrected chi connectivity index (χ1v) is 21.6. The number of hydrogen-bond acceptors (Lipinski definition) is 5. The minimum Gasteiger partial charge on any atom is -0.457 e. The number of anilines is 5. The van der Waals surface area contributed by atoms with Gasteiger partial charge in [-0.05, 0) is 101 Å². The van der Waals surface area contributed by atoms with E-state index in [-0.39, 0.29) is 6.04 Å². The summed E-state index contributed by atoms with van der Waals surface area (Å²) >= 11 is 3.99. The number of rotatable bonds is 4. The van der Waals surface area contributed by atoms with E-state index in [1.54, 1.807) is 0 Å². The molecule has 8 aromatic carbocycles. The normalized spacial score (nSPS) is 17.1. The third kappa shape index (κ3) is 4.35. The molecule has 1 spiro atoms. The zero-order valence-electron chi connectivity index (χ0n) is 31.2. The van der Waals surface area contributed by atoms with E-state index in [4.69, 9.17) is 4.74 Å². The van der Waals surface area contributed by atoms with Gasteiger partial charge in [-0.3, -0.25) is 0 Å². The Labute approximate surface area is 345 Å². The average Bonchev–Trinajstić information content (AvgIpc) is 4.01. The second-order valence-electron chi connectivity index (χ2n) is 15.5. The number of nitrogens with zero attached hydrogens (tertiary/aromatic N) is 2. The topological polar surface area (TPSA) is 15.7 Å². The Morgan fingerprint density at radius 3 is 1.95 bits per heavy atom. The van der Waals surface area contributed by atoms with Gasteiger partial charge in [-0.1, -0.05) is 121 Å². The predicted octanol–water partition coefficient (Wildman–Crippen LogP) is 14.9. The highest BCUT2D eigenvalue weighted by Crippen LogP contribution is 2.68. The molecule has 4 aliphatic rings. The van der Waals surface area contributed by atoms with Crippen molar-refractivity contribution >= 4 is 61.6 Å². The molecule has 3 aliphatic heterocycles. The molecule has 0 radical (unpaired) electrons. The van der Waals surface area contributed by atoms with Crippen molar-refractivity contribution in [2.75, 3.05) is 9.80 Å². The number of hydrogen-bond donors (Lipinski definition) is 0. The highest BCUT2D eigenvalue weighted by Gasteiger charge is 2.51. The third-order valence-corrected chi connectivity index (χ3v) is 15.4. The largest absolute Gasteiger partial charge is 0.457 e. The zero-order valence-corrected chi connectivity index (χ0v) is 32.9. The summed E-state index contributed by atoms with van der Waals surface area (Å²) in [5, 5.41) is 1.72. The van der Waals surface area contributed by atoms with Crippen molar-refractivity contribution in [2.45, 2.75) is 21.6 Å². The van der Waals surface area contributed by atoms with Gasteiger partial charge in [0.25, 0.3) is 0 Å². The van der Waals surface area contributed by atoms with Gasteiger partial charge in [-0.2, -0.15) is 0 Å². The first-order chi connectivity index (χ1) is 28.8. The summed E-state index contributed by atoms with van der Waals surface area (Å²) in [4.78, 5) is 7.91.